The Hall–Kier alpha value is -1.93. The maximum atomic E-state index is 11.4. The fraction of sp³-hybridized carbons (Fsp3) is 0.333. The smallest absolute Gasteiger partial charge is 0.261 e. The summed E-state index contributed by atoms with van der Waals surface area (Å²) < 4.78 is 10.7. The van der Waals surface area contributed by atoms with Gasteiger partial charge in [-0.3, -0.25) is 4.79 Å². The minimum absolute atomic E-state index is 0.169. The van der Waals surface area contributed by atoms with E-state index in [0.29, 0.717) is 30.0 Å². The summed E-state index contributed by atoms with van der Waals surface area (Å²) in [5.74, 6) is 0.469. The number of nitrogens with zero attached hydrogens (tertiary/aromatic N) is 1. The minimum atomic E-state index is -0.565. The molecule has 0 radical (unpaired) electrons. The van der Waals surface area contributed by atoms with E-state index in [1.165, 1.54) is 19.2 Å². The third kappa shape index (κ3) is 2.34. The molecule has 1 N–H and O–H groups in total. The Morgan fingerprint density at radius 3 is 2.89 bits per heavy atom. The predicted molar refractivity (Wildman–Crippen MR) is 64.8 cm³/mol. The van der Waals surface area contributed by atoms with Crippen LogP contribution in [0.4, 0.5) is 0 Å². The zero-order chi connectivity index (χ0) is 13.1. The van der Waals surface area contributed by atoms with Crippen LogP contribution in [0.1, 0.15) is 12.0 Å². The lowest BCUT2D eigenvalue weighted by molar-refractivity contribution is -0.124. The number of amides is 1. The first kappa shape index (κ1) is 12.5. The summed E-state index contributed by atoms with van der Waals surface area (Å²) in [5.41, 5.74) is 0.375. The molecule has 1 atom stereocenters. The topological polar surface area (TPSA) is 71.3 Å². The number of hydrogen-bond acceptors (Lipinski definition) is 4. The van der Waals surface area contributed by atoms with Crippen LogP contribution in [0.5, 0.6) is 11.5 Å². The Morgan fingerprint density at radius 2 is 2.33 bits per heavy atom. The van der Waals surface area contributed by atoms with Gasteiger partial charge in [0.2, 0.25) is 0 Å². The number of rotatable bonds is 3. The van der Waals surface area contributed by atoms with Crippen molar-refractivity contribution in [2.24, 2.45) is 0 Å². The molecule has 1 unspecified atom stereocenters. The number of benzene rings is 1. The predicted octanol–water partition coefficient (Wildman–Crippen LogP) is 1.49. The zero-order valence-corrected chi connectivity index (χ0v) is 10.5. The van der Waals surface area contributed by atoms with Gasteiger partial charge in [-0.2, -0.15) is 5.26 Å². The van der Waals surface area contributed by atoms with Gasteiger partial charge < -0.3 is 14.8 Å². The molecule has 0 bridgehead atoms. The van der Waals surface area contributed by atoms with E-state index in [9.17, 15) is 4.79 Å². The number of halogens is 1. The molecule has 1 aromatic carbocycles. The normalized spacial score (nSPS) is 18.1. The summed E-state index contributed by atoms with van der Waals surface area (Å²) in [5, 5.41) is 11.8. The van der Waals surface area contributed by atoms with Crippen molar-refractivity contribution < 1.29 is 14.3 Å². The highest BCUT2D eigenvalue weighted by Crippen LogP contribution is 2.37. The molecule has 0 spiro atoms. The molecule has 1 aliphatic heterocycles. The fourth-order valence-electron chi connectivity index (χ4n) is 1.72. The van der Waals surface area contributed by atoms with Gasteiger partial charge in [0.15, 0.2) is 17.6 Å². The quantitative estimate of drug-likeness (QED) is 0.900. The molecule has 1 amide bonds. The molecule has 94 valence electrons. The number of carbonyl (C=O) groups excluding carboxylic acids is 1. The Bertz CT molecular complexity index is 525. The van der Waals surface area contributed by atoms with Crippen molar-refractivity contribution >= 4 is 17.5 Å². The second kappa shape index (κ2) is 5.15. The van der Waals surface area contributed by atoms with Crippen molar-refractivity contribution in [2.75, 3.05) is 13.7 Å². The van der Waals surface area contributed by atoms with E-state index in [4.69, 9.17) is 26.3 Å². The molecule has 0 saturated carbocycles. The first-order chi connectivity index (χ1) is 8.65. The summed E-state index contributed by atoms with van der Waals surface area (Å²) in [6, 6.07) is 4.97. The second-order valence-corrected chi connectivity index (χ2v) is 4.19. The highest BCUT2D eigenvalue weighted by atomic mass is 35.5. The first-order valence-electron chi connectivity index (χ1n) is 5.37. The van der Waals surface area contributed by atoms with Crippen LogP contribution in [0, 0.1) is 11.3 Å². The van der Waals surface area contributed by atoms with E-state index in [-0.39, 0.29) is 10.9 Å². The van der Waals surface area contributed by atoms with Crippen LogP contribution in [0.15, 0.2) is 12.1 Å². The summed E-state index contributed by atoms with van der Waals surface area (Å²) in [6.07, 6.45) is 0.0162. The number of methoxy groups -OCH3 is 1. The second-order valence-electron chi connectivity index (χ2n) is 3.79. The molecule has 1 fully saturated rings. The molecule has 0 aromatic heterocycles. The third-order valence-corrected chi connectivity index (χ3v) is 2.90. The van der Waals surface area contributed by atoms with Crippen molar-refractivity contribution in [2.45, 2.75) is 12.5 Å². The minimum Gasteiger partial charge on any atom is -0.493 e. The van der Waals surface area contributed by atoms with Gasteiger partial charge >= 0.3 is 0 Å². The largest absolute Gasteiger partial charge is 0.493 e. The molecule has 0 aliphatic carbocycles. The fourth-order valence-corrected chi connectivity index (χ4v) is 1.98. The summed E-state index contributed by atoms with van der Waals surface area (Å²) in [4.78, 5) is 11.4. The Labute approximate surface area is 109 Å². The van der Waals surface area contributed by atoms with Crippen LogP contribution in [-0.2, 0) is 4.79 Å². The lowest BCUT2D eigenvalue weighted by Crippen LogP contribution is -2.27. The standard InChI is InChI=1S/C12H11ClN2O3/c1-17-10-5-7(6-14)4-8(13)11(10)18-9-2-3-15-12(9)16/h4-5,9H,2-3H2,1H3,(H,15,16). The number of carbonyl (C=O) groups is 1. The lowest BCUT2D eigenvalue weighted by atomic mass is 10.2. The third-order valence-electron chi connectivity index (χ3n) is 2.62. The average molecular weight is 267 g/mol. The van der Waals surface area contributed by atoms with Crippen LogP contribution in [0.3, 0.4) is 0 Å². The summed E-state index contributed by atoms with van der Waals surface area (Å²) in [6.45, 7) is 0.583. The number of nitrogens with one attached hydrogen (secondary N) is 1. The van der Waals surface area contributed by atoms with Crippen molar-refractivity contribution in [3.63, 3.8) is 0 Å². The van der Waals surface area contributed by atoms with Crippen LogP contribution in [0.25, 0.3) is 0 Å². The van der Waals surface area contributed by atoms with Crippen LogP contribution in [-0.4, -0.2) is 25.7 Å². The van der Waals surface area contributed by atoms with Crippen molar-refractivity contribution in [1.29, 1.82) is 5.26 Å². The van der Waals surface area contributed by atoms with Gasteiger partial charge in [0.05, 0.1) is 23.8 Å². The van der Waals surface area contributed by atoms with Crippen LogP contribution >= 0.6 is 11.6 Å². The molecule has 2 rings (SSSR count). The van der Waals surface area contributed by atoms with Gasteiger partial charge in [0.25, 0.3) is 5.91 Å². The van der Waals surface area contributed by atoms with Crippen molar-refractivity contribution in [1.82, 2.24) is 5.32 Å². The van der Waals surface area contributed by atoms with Gasteiger partial charge in [-0.05, 0) is 6.07 Å². The lowest BCUT2D eigenvalue weighted by Gasteiger charge is -2.15. The van der Waals surface area contributed by atoms with Gasteiger partial charge in [-0.15, -0.1) is 0 Å². The van der Waals surface area contributed by atoms with Crippen molar-refractivity contribution in [3.05, 3.63) is 22.7 Å². The van der Waals surface area contributed by atoms with Crippen LogP contribution in [0.2, 0.25) is 5.02 Å². The van der Waals surface area contributed by atoms with E-state index in [2.05, 4.69) is 5.32 Å². The molecule has 5 nitrogen and oxygen atoms in total. The van der Waals surface area contributed by atoms with Gasteiger partial charge in [-0.25, -0.2) is 0 Å². The van der Waals surface area contributed by atoms with Gasteiger partial charge in [-0.1, -0.05) is 11.6 Å². The highest BCUT2D eigenvalue weighted by Gasteiger charge is 2.28. The average Bonchev–Trinajstić information content (AvgIpc) is 2.77. The van der Waals surface area contributed by atoms with E-state index in [0.717, 1.165) is 0 Å². The number of hydrogen-bond donors (Lipinski definition) is 1. The van der Waals surface area contributed by atoms with Gasteiger partial charge in [0.1, 0.15) is 0 Å². The molecule has 1 aromatic rings. The molecular formula is C12H11ClN2O3. The Balaban J connectivity index is 2.32. The molecule has 18 heavy (non-hydrogen) atoms. The molecular weight excluding hydrogens is 256 g/mol. The van der Waals surface area contributed by atoms with Crippen LogP contribution < -0.4 is 14.8 Å². The molecule has 1 saturated heterocycles. The molecule has 1 heterocycles. The zero-order valence-electron chi connectivity index (χ0n) is 9.70. The van der Waals surface area contributed by atoms with E-state index in [1.807, 2.05) is 6.07 Å². The van der Waals surface area contributed by atoms with E-state index in [1.54, 1.807) is 0 Å². The van der Waals surface area contributed by atoms with E-state index >= 15 is 0 Å². The highest BCUT2D eigenvalue weighted by molar-refractivity contribution is 6.32. The summed E-state index contributed by atoms with van der Waals surface area (Å²) in [7, 11) is 1.45. The maximum Gasteiger partial charge on any atom is 0.261 e. The molecule has 1 aliphatic rings. The van der Waals surface area contributed by atoms with Gasteiger partial charge in [0, 0.05) is 19.0 Å². The Kier molecular flexibility index (Phi) is 3.58. The Morgan fingerprint density at radius 1 is 1.56 bits per heavy atom. The SMILES string of the molecule is COc1cc(C#N)cc(Cl)c1OC1CCNC1=O. The maximum absolute atomic E-state index is 11.4. The van der Waals surface area contributed by atoms with E-state index < -0.39 is 6.10 Å². The monoisotopic (exact) mass is 266 g/mol. The number of nitriles is 1. The molecule has 6 heteroatoms. The number of ether oxygens (including phenoxy) is 2. The first-order valence-corrected chi connectivity index (χ1v) is 5.75. The summed E-state index contributed by atoms with van der Waals surface area (Å²) >= 11 is 6.03. The van der Waals surface area contributed by atoms with Crippen molar-refractivity contribution in [3.8, 4) is 17.6 Å².